The van der Waals surface area contributed by atoms with Crippen LogP contribution in [0.1, 0.15) is 54.6 Å². The van der Waals surface area contributed by atoms with Gasteiger partial charge >= 0.3 is 0 Å². The minimum Gasteiger partial charge on any atom is -0.409 e. The summed E-state index contributed by atoms with van der Waals surface area (Å²) in [5, 5.41) is 14.5. The third-order valence-corrected chi connectivity index (χ3v) is 3.59. The highest BCUT2D eigenvalue weighted by Gasteiger charge is 2.16. The van der Waals surface area contributed by atoms with E-state index in [0.29, 0.717) is 11.3 Å². The molecule has 4 N–H and O–H groups in total. The first kappa shape index (κ1) is 14.3. The van der Waals surface area contributed by atoms with Gasteiger partial charge in [0, 0.05) is 17.8 Å². The van der Waals surface area contributed by atoms with Crippen molar-refractivity contribution in [1.29, 1.82) is 0 Å². The molecule has 2 rings (SSSR count). The summed E-state index contributed by atoms with van der Waals surface area (Å²) in [6, 6.07) is 3.44. The summed E-state index contributed by atoms with van der Waals surface area (Å²) >= 11 is 0. The molecule has 1 heterocycles. The van der Waals surface area contributed by atoms with Crippen molar-refractivity contribution in [2.45, 2.75) is 44.6 Å². The van der Waals surface area contributed by atoms with Crippen LogP contribution in [0.25, 0.3) is 0 Å². The Morgan fingerprint density at radius 2 is 2.00 bits per heavy atom. The molecule has 0 aliphatic heterocycles. The number of aromatic nitrogens is 1. The molecule has 6 nitrogen and oxygen atoms in total. The Kier molecular flexibility index (Phi) is 4.92. The molecule has 0 bridgehead atoms. The van der Waals surface area contributed by atoms with E-state index in [9.17, 15) is 4.79 Å². The molecule has 1 amide bonds. The van der Waals surface area contributed by atoms with Crippen molar-refractivity contribution >= 4 is 11.7 Å². The highest BCUT2D eigenvalue weighted by Crippen LogP contribution is 2.17. The molecule has 6 heteroatoms. The molecule has 108 valence electrons. The van der Waals surface area contributed by atoms with Crippen LogP contribution in [0.4, 0.5) is 0 Å². The monoisotopic (exact) mass is 276 g/mol. The van der Waals surface area contributed by atoms with Crippen LogP contribution in [0.5, 0.6) is 0 Å². The van der Waals surface area contributed by atoms with Crippen molar-refractivity contribution in [3.05, 3.63) is 29.6 Å². The first-order valence-corrected chi connectivity index (χ1v) is 6.95. The zero-order valence-electron chi connectivity index (χ0n) is 11.4. The fraction of sp³-hybridized carbons (Fsp3) is 0.500. The lowest BCUT2D eigenvalue weighted by atomic mass is 10.1. The van der Waals surface area contributed by atoms with Gasteiger partial charge in [-0.05, 0) is 25.0 Å². The van der Waals surface area contributed by atoms with Crippen LogP contribution >= 0.6 is 0 Å². The standard InChI is InChI=1S/C14H20N4O2/c15-13(18-20)10-7-8-12(16-9-10)14(19)17-11-5-3-1-2-4-6-11/h7-9,11,20H,1-6H2,(H2,15,18)(H,17,19). The van der Waals surface area contributed by atoms with Gasteiger partial charge in [0.1, 0.15) is 5.69 Å². The predicted molar refractivity (Wildman–Crippen MR) is 75.7 cm³/mol. The highest BCUT2D eigenvalue weighted by molar-refractivity contribution is 5.98. The van der Waals surface area contributed by atoms with Gasteiger partial charge in [0.05, 0.1) is 0 Å². The van der Waals surface area contributed by atoms with E-state index in [1.54, 1.807) is 12.1 Å². The number of carbonyl (C=O) groups is 1. The van der Waals surface area contributed by atoms with E-state index in [4.69, 9.17) is 10.9 Å². The molecule has 0 saturated heterocycles. The molecule has 0 radical (unpaired) electrons. The average Bonchev–Trinajstić information content (AvgIpc) is 2.75. The summed E-state index contributed by atoms with van der Waals surface area (Å²) < 4.78 is 0. The zero-order valence-corrected chi connectivity index (χ0v) is 11.4. The second-order valence-electron chi connectivity index (χ2n) is 5.08. The molecule has 1 saturated carbocycles. The number of pyridine rings is 1. The number of amides is 1. The Hall–Kier alpha value is -2.11. The van der Waals surface area contributed by atoms with Crippen molar-refractivity contribution in [3.63, 3.8) is 0 Å². The number of oxime groups is 1. The number of rotatable bonds is 3. The molecular weight excluding hydrogens is 256 g/mol. The highest BCUT2D eigenvalue weighted by atomic mass is 16.4. The summed E-state index contributed by atoms with van der Waals surface area (Å²) in [6.45, 7) is 0. The van der Waals surface area contributed by atoms with Gasteiger partial charge in [-0.3, -0.25) is 9.78 Å². The van der Waals surface area contributed by atoms with E-state index in [2.05, 4.69) is 15.5 Å². The Morgan fingerprint density at radius 3 is 2.55 bits per heavy atom. The van der Waals surface area contributed by atoms with E-state index in [1.807, 2.05) is 0 Å². The van der Waals surface area contributed by atoms with Gasteiger partial charge in [0.15, 0.2) is 5.84 Å². The molecule has 1 aliphatic rings. The normalized spacial score (nSPS) is 17.5. The number of nitrogens with one attached hydrogen (secondary N) is 1. The summed E-state index contributed by atoms with van der Waals surface area (Å²) in [6.07, 6.45) is 8.33. The molecule has 1 aliphatic carbocycles. The maximum atomic E-state index is 12.1. The summed E-state index contributed by atoms with van der Waals surface area (Å²) in [5.74, 6) is -0.184. The molecule has 0 atom stereocenters. The Labute approximate surface area is 118 Å². The van der Waals surface area contributed by atoms with Crippen molar-refractivity contribution in [2.75, 3.05) is 0 Å². The lowest BCUT2D eigenvalue weighted by Gasteiger charge is -2.15. The lowest BCUT2D eigenvalue weighted by molar-refractivity contribution is 0.0928. The quantitative estimate of drug-likeness (QED) is 0.257. The van der Waals surface area contributed by atoms with Gasteiger partial charge in [-0.1, -0.05) is 30.8 Å². The Morgan fingerprint density at radius 1 is 1.30 bits per heavy atom. The van der Waals surface area contributed by atoms with Crippen LogP contribution < -0.4 is 11.1 Å². The largest absolute Gasteiger partial charge is 0.409 e. The molecule has 0 spiro atoms. The fourth-order valence-electron chi connectivity index (χ4n) is 2.42. The van der Waals surface area contributed by atoms with Gasteiger partial charge in [0.25, 0.3) is 5.91 Å². The van der Waals surface area contributed by atoms with Crippen LogP contribution in [-0.2, 0) is 0 Å². The fourth-order valence-corrected chi connectivity index (χ4v) is 2.42. The van der Waals surface area contributed by atoms with Crippen LogP contribution in [0.3, 0.4) is 0 Å². The predicted octanol–water partition coefficient (Wildman–Crippen LogP) is 1.63. The molecular formula is C14H20N4O2. The lowest BCUT2D eigenvalue weighted by Crippen LogP contribution is -2.34. The van der Waals surface area contributed by atoms with Crippen LogP contribution in [-0.4, -0.2) is 28.0 Å². The Balaban J connectivity index is 1.98. The maximum absolute atomic E-state index is 12.1. The molecule has 0 aromatic carbocycles. The number of carbonyl (C=O) groups excluding carboxylic acids is 1. The van der Waals surface area contributed by atoms with Crippen LogP contribution in [0, 0.1) is 0 Å². The van der Waals surface area contributed by atoms with E-state index >= 15 is 0 Å². The summed E-state index contributed by atoms with van der Waals surface area (Å²) in [5.41, 5.74) is 6.28. The average molecular weight is 276 g/mol. The second-order valence-corrected chi connectivity index (χ2v) is 5.08. The van der Waals surface area contributed by atoms with E-state index in [1.165, 1.54) is 31.9 Å². The second kappa shape index (κ2) is 6.88. The van der Waals surface area contributed by atoms with Gasteiger partial charge in [-0.2, -0.15) is 0 Å². The Bertz CT molecular complexity index is 476. The number of hydrogen-bond donors (Lipinski definition) is 3. The number of amidine groups is 1. The number of hydrogen-bond acceptors (Lipinski definition) is 4. The van der Waals surface area contributed by atoms with Crippen molar-refractivity contribution in [2.24, 2.45) is 10.9 Å². The van der Waals surface area contributed by atoms with Gasteiger partial charge in [-0.15, -0.1) is 0 Å². The molecule has 1 aromatic heterocycles. The van der Waals surface area contributed by atoms with Crippen molar-refractivity contribution < 1.29 is 10.0 Å². The van der Waals surface area contributed by atoms with E-state index in [-0.39, 0.29) is 17.8 Å². The summed E-state index contributed by atoms with van der Waals surface area (Å²) in [7, 11) is 0. The van der Waals surface area contributed by atoms with Gasteiger partial charge < -0.3 is 16.3 Å². The van der Waals surface area contributed by atoms with Gasteiger partial charge in [0.2, 0.25) is 0 Å². The first-order valence-electron chi connectivity index (χ1n) is 6.95. The smallest absolute Gasteiger partial charge is 0.270 e. The molecule has 20 heavy (non-hydrogen) atoms. The summed E-state index contributed by atoms with van der Waals surface area (Å²) in [4.78, 5) is 16.1. The van der Waals surface area contributed by atoms with Crippen LogP contribution in [0.15, 0.2) is 23.5 Å². The number of nitrogens with two attached hydrogens (primary N) is 1. The molecule has 1 aromatic rings. The van der Waals surface area contributed by atoms with E-state index in [0.717, 1.165) is 12.8 Å². The number of nitrogens with zero attached hydrogens (tertiary/aromatic N) is 2. The first-order chi connectivity index (χ1) is 9.70. The van der Waals surface area contributed by atoms with Gasteiger partial charge in [-0.25, -0.2) is 0 Å². The minimum absolute atomic E-state index is 0.0202. The van der Waals surface area contributed by atoms with Crippen molar-refractivity contribution in [3.8, 4) is 0 Å². The van der Waals surface area contributed by atoms with E-state index < -0.39 is 0 Å². The molecule has 1 fully saturated rings. The third-order valence-electron chi connectivity index (χ3n) is 3.59. The SMILES string of the molecule is NC(=NO)c1ccc(C(=O)NC2CCCCCC2)nc1. The maximum Gasteiger partial charge on any atom is 0.270 e. The third kappa shape index (κ3) is 3.69. The topological polar surface area (TPSA) is 101 Å². The van der Waals surface area contributed by atoms with Crippen molar-refractivity contribution in [1.82, 2.24) is 10.3 Å². The zero-order chi connectivity index (χ0) is 14.4. The molecule has 0 unspecified atom stereocenters. The minimum atomic E-state index is -0.164. The van der Waals surface area contributed by atoms with Crippen LogP contribution in [0.2, 0.25) is 0 Å².